The Bertz CT molecular complexity index is 226. The van der Waals surface area contributed by atoms with Crippen LogP contribution in [0.1, 0.15) is 13.8 Å². The zero-order valence-corrected chi connectivity index (χ0v) is 7.62. The number of hydrogen-bond donors (Lipinski definition) is 1. The predicted molar refractivity (Wildman–Crippen MR) is 52.2 cm³/mol. The summed E-state index contributed by atoms with van der Waals surface area (Å²) in [6.07, 6.45) is 1.81. The van der Waals surface area contributed by atoms with Crippen LogP contribution in [0, 0.1) is 0 Å². The summed E-state index contributed by atoms with van der Waals surface area (Å²) in [6.45, 7) is 6.25. The Labute approximate surface area is 73.2 Å². The van der Waals surface area contributed by atoms with Gasteiger partial charge in [0.25, 0.3) is 0 Å². The van der Waals surface area contributed by atoms with E-state index in [1.807, 2.05) is 18.3 Å². The lowest BCUT2D eigenvalue weighted by molar-refractivity contribution is 0.863. The van der Waals surface area contributed by atoms with Gasteiger partial charge in [-0.2, -0.15) is 0 Å². The van der Waals surface area contributed by atoms with E-state index in [1.165, 1.54) is 0 Å². The number of rotatable bonds is 3. The molecule has 0 atom stereocenters. The Morgan fingerprint density at radius 3 is 2.42 bits per heavy atom. The van der Waals surface area contributed by atoms with E-state index in [2.05, 4.69) is 23.7 Å². The summed E-state index contributed by atoms with van der Waals surface area (Å²) in [5, 5.41) is 0. The van der Waals surface area contributed by atoms with Gasteiger partial charge >= 0.3 is 0 Å². The smallest absolute Gasteiger partial charge is 0.123 e. The lowest BCUT2D eigenvalue weighted by Crippen LogP contribution is -2.21. The van der Waals surface area contributed by atoms with Crippen molar-refractivity contribution in [3.63, 3.8) is 0 Å². The first kappa shape index (κ1) is 8.84. The molecule has 1 rings (SSSR count). The molecular formula is C9H15N3. The fraction of sp³-hybridized carbons (Fsp3) is 0.444. The van der Waals surface area contributed by atoms with E-state index in [0.717, 1.165) is 18.8 Å². The van der Waals surface area contributed by atoms with Crippen LogP contribution in [0.4, 0.5) is 11.5 Å². The van der Waals surface area contributed by atoms with Gasteiger partial charge in [-0.1, -0.05) is 0 Å². The first-order valence-electron chi connectivity index (χ1n) is 4.24. The molecule has 1 heterocycles. The van der Waals surface area contributed by atoms with Crippen molar-refractivity contribution in [1.29, 1.82) is 0 Å². The fourth-order valence-corrected chi connectivity index (χ4v) is 1.17. The fourth-order valence-electron chi connectivity index (χ4n) is 1.17. The second kappa shape index (κ2) is 3.95. The third-order valence-corrected chi connectivity index (χ3v) is 1.90. The van der Waals surface area contributed by atoms with Crippen molar-refractivity contribution in [3.8, 4) is 0 Å². The number of nitrogens with two attached hydrogens (primary N) is 1. The van der Waals surface area contributed by atoms with Gasteiger partial charge in [-0.25, -0.2) is 4.98 Å². The molecule has 0 spiro atoms. The molecule has 2 N–H and O–H groups in total. The van der Waals surface area contributed by atoms with Gasteiger partial charge in [0, 0.05) is 13.1 Å². The Balaban J connectivity index is 2.80. The maximum Gasteiger partial charge on any atom is 0.123 e. The van der Waals surface area contributed by atoms with Crippen molar-refractivity contribution in [3.05, 3.63) is 18.3 Å². The molecule has 12 heavy (non-hydrogen) atoms. The Hall–Kier alpha value is -1.25. The Kier molecular flexibility index (Phi) is 2.91. The van der Waals surface area contributed by atoms with Crippen LogP contribution in [0.25, 0.3) is 0 Å². The van der Waals surface area contributed by atoms with E-state index in [1.54, 1.807) is 0 Å². The molecule has 0 saturated heterocycles. The van der Waals surface area contributed by atoms with Crippen LogP contribution in [0.3, 0.4) is 0 Å². The first-order valence-corrected chi connectivity index (χ1v) is 4.24. The highest BCUT2D eigenvalue weighted by atomic mass is 15.1. The molecular weight excluding hydrogens is 150 g/mol. The SMILES string of the molecule is CCN(CC)c1ccc(N)nc1. The molecule has 0 amide bonds. The normalized spacial score (nSPS) is 9.83. The minimum absolute atomic E-state index is 0.575. The average molecular weight is 165 g/mol. The summed E-state index contributed by atoms with van der Waals surface area (Å²) in [6, 6.07) is 3.82. The zero-order chi connectivity index (χ0) is 8.97. The van der Waals surface area contributed by atoms with Gasteiger partial charge in [-0.3, -0.25) is 0 Å². The highest BCUT2D eigenvalue weighted by Gasteiger charge is 1.99. The highest BCUT2D eigenvalue weighted by Crippen LogP contribution is 2.12. The van der Waals surface area contributed by atoms with Crippen LogP contribution in [0.15, 0.2) is 18.3 Å². The van der Waals surface area contributed by atoms with Gasteiger partial charge in [-0.15, -0.1) is 0 Å². The molecule has 1 aromatic rings. The van der Waals surface area contributed by atoms with E-state index < -0.39 is 0 Å². The van der Waals surface area contributed by atoms with Crippen LogP contribution in [0.5, 0.6) is 0 Å². The first-order chi connectivity index (χ1) is 5.77. The maximum absolute atomic E-state index is 5.48. The molecule has 0 fully saturated rings. The molecule has 0 aliphatic rings. The van der Waals surface area contributed by atoms with Gasteiger partial charge in [0.15, 0.2) is 0 Å². The van der Waals surface area contributed by atoms with Gasteiger partial charge < -0.3 is 10.6 Å². The molecule has 1 aromatic heterocycles. The Morgan fingerprint density at radius 1 is 1.33 bits per heavy atom. The van der Waals surface area contributed by atoms with Crippen LogP contribution in [0.2, 0.25) is 0 Å². The number of nitrogen functional groups attached to an aromatic ring is 1. The summed E-state index contributed by atoms with van der Waals surface area (Å²) in [5.74, 6) is 0.575. The minimum atomic E-state index is 0.575. The summed E-state index contributed by atoms with van der Waals surface area (Å²) in [7, 11) is 0. The molecule has 66 valence electrons. The zero-order valence-electron chi connectivity index (χ0n) is 7.62. The number of aromatic nitrogens is 1. The van der Waals surface area contributed by atoms with Crippen molar-refractivity contribution < 1.29 is 0 Å². The molecule has 0 unspecified atom stereocenters. The molecule has 0 aromatic carbocycles. The standard InChI is InChI=1S/C9H15N3/c1-3-12(4-2)8-5-6-9(10)11-7-8/h5-7H,3-4H2,1-2H3,(H2,10,11). The lowest BCUT2D eigenvalue weighted by Gasteiger charge is -2.20. The third-order valence-electron chi connectivity index (χ3n) is 1.90. The van der Waals surface area contributed by atoms with Crippen molar-refractivity contribution in [2.45, 2.75) is 13.8 Å². The summed E-state index contributed by atoms with van der Waals surface area (Å²) >= 11 is 0. The molecule has 0 radical (unpaired) electrons. The van der Waals surface area contributed by atoms with E-state index in [9.17, 15) is 0 Å². The van der Waals surface area contributed by atoms with E-state index in [0.29, 0.717) is 5.82 Å². The number of hydrogen-bond acceptors (Lipinski definition) is 3. The summed E-state index contributed by atoms with van der Waals surface area (Å²) in [5.41, 5.74) is 6.61. The lowest BCUT2D eigenvalue weighted by atomic mass is 10.3. The third kappa shape index (κ3) is 1.87. The molecule has 0 bridgehead atoms. The topological polar surface area (TPSA) is 42.1 Å². The van der Waals surface area contributed by atoms with Gasteiger partial charge in [0.1, 0.15) is 5.82 Å². The molecule has 0 aliphatic heterocycles. The largest absolute Gasteiger partial charge is 0.384 e. The van der Waals surface area contributed by atoms with Crippen LogP contribution in [-0.2, 0) is 0 Å². The van der Waals surface area contributed by atoms with Crippen molar-refractivity contribution in [2.24, 2.45) is 0 Å². The molecule has 3 heteroatoms. The number of pyridine rings is 1. The van der Waals surface area contributed by atoms with E-state index in [4.69, 9.17) is 5.73 Å². The van der Waals surface area contributed by atoms with Gasteiger partial charge in [0.05, 0.1) is 11.9 Å². The summed E-state index contributed by atoms with van der Waals surface area (Å²) in [4.78, 5) is 6.26. The van der Waals surface area contributed by atoms with Crippen molar-refractivity contribution in [2.75, 3.05) is 23.7 Å². The monoisotopic (exact) mass is 165 g/mol. The van der Waals surface area contributed by atoms with Crippen molar-refractivity contribution in [1.82, 2.24) is 4.98 Å². The highest BCUT2D eigenvalue weighted by molar-refractivity contribution is 5.47. The molecule has 3 nitrogen and oxygen atoms in total. The van der Waals surface area contributed by atoms with Crippen molar-refractivity contribution >= 4 is 11.5 Å². The number of anilines is 2. The van der Waals surface area contributed by atoms with E-state index >= 15 is 0 Å². The maximum atomic E-state index is 5.48. The minimum Gasteiger partial charge on any atom is -0.384 e. The Morgan fingerprint density at radius 2 is 2.00 bits per heavy atom. The summed E-state index contributed by atoms with van der Waals surface area (Å²) < 4.78 is 0. The van der Waals surface area contributed by atoms with E-state index in [-0.39, 0.29) is 0 Å². The quantitative estimate of drug-likeness (QED) is 0.738. The van der Waals surface area contributed by atoms with Crippen LogP contribution in [-0.4, -0.2) is 18.1 Å². The molecule has 0 aliphatic carbocycles. The van der Waals surface area contributed by atoms with Gasteiger partial charge in [-0.05, 0) is 26.0 Å². The van der Waals surface area contributed by atoms with Crippen LogP contribution < -0.4 is 10.6 Å². The predicted octanol–water partition coefficient (Wildman–Crippen LogP) is 1.51. The average Bonchev–Trinajstić information content (AvgIpc) is 2.10. The van der Waals surface area contributed by atoms with Gasteiger partial charge in [0.2, 0.25) is 0 Å². The number of nitrogens with zero attached hydrogens (tertiary/aromatic N) is 2. The molecule has 0 saturated carbocycles. The van der Waals surface area contributed by atoms with Crippen LogP contribution >= 0.6 is 0 Å². The second-order valence-corrected chi connectivity index (χ2v) is 2.61. The second-order valence-electron chi connectivity index (χ2n) is 2.61.